The van der Waals surface area contributed by atoms with Gasteiger partial charge >= 0.3 is 0 Å². The Morgan fingerprint density at radius 2 is 0.431 bits per heavy atom. The second-order valence-electron chi connectivity index (χ2n) is 23.5. The van der Waals surface area contributed by atoms with Crippen molar-refractivity contribution < 1.29 is 77.5 Å². The lowest BCUT2D eigenvalue weighted by Gasteiger charge is -2.29. The van der Waals surface area contributed by atoms with Gasteiger partial charge in [-0.2, -0.15) is 0 Å². The van der Waals surface area contributed by atoms with Gasteiger partial charge in [-0.25, -0.2) is 0 Å². The molecule has 12 aromatic carbocycles. The number of ether oxygens (including phenoxy) is 8. The fourth-order valence-electron chi connectivity index (χ4n) is 11.6. The van der Waals surface area contributed by atoms with Gasteiger partial charge in [0.1, 0.15) is 73.8 Å². The third-order valence-electron chi connectivity index (χ3n) is 16.3. The third-order valence-corrected chi connectivity index (χ3v) is 16.3. The molecule has 102 heavy (non-hydrogen) atoms. The number of rotatable bonds is 29. The number of aldehydes is 4. The summed E-state index contributed by atoms with van der Waals surface area (Å²) in [5, 5.41) is 45.5. The smallest absolute Gasteiger partial charge is 0.154 e. The minimum atomic E-state index is -0.712. The molecule has 0 aromatic heterocycles. The van der Waals surface area contributed by atoms with E-state index in [1.54, 1.807) is 24.3 Å². The summed E-state index contributed by atoms with van der Waals surface area (Å²) in [7, 11) is 6.04. The van der Waals surface area contributed by atoms with Crippen molar-refractivity contribution in [2.45, 2.75) is 36.3 Å². The minimum absolute atomic E-state index is 0.0903. The van der Waals surface area contributed by atoms with Gasteiger partial charge in [-0.3, -0.25) is 19.2 Å². The summed E-state index contributed by atoms with van der Waals surface area (Å²) in [6.45, 7) is 1.15. The first-order chi connectivity index (χ1) is 50.0. The molecule has 0 radical (unpaired) electrons. The maximum absolute atomic E-state index is 11.2. The standard InChI is InChI=1S/C26H22.4C15H16O4/c1-5-13-21(14-6-1)25(22-15-7-2-8-16-22)26(23-17-9-3-10-18-23)24-19-11-4-12-20-24;4*1-18-9-12(17)10-19-15-7-6-11-4-2-3-5-13(11)14(15)8-16/h1-20,25-26H;4*2-8,12,17H,9-10H2,1H3. The third kappa shape index (κ3) is 22.1. The number of carbonyl (C=O) groups excluding carboxylic acids is 4. The minimum Gasteiger partial charge on any atom is -0.490 e. The first kappa shape index (κ1) is 77.0. The lowest BCUT2D eigenvalue weighted by Crippen LogP contribution is -2.22. The normalized spacial score (nSPS) is 12.0. The van der Waals surface area contributed by atoms with Gasteiger partial charge in [0, 0.05) is 40.3 Å². The Morgan fingerprint density at radius 3 is 0.618 bits per heavy atom. The van der Waals surface area contributed by atoms with Crippen molar-refractivity contribution in [3.8, 4) is 23.0 Å². The molecule has 12 aromatic rings. The van der Waals surface area contributed by atoms with E-state index in [2.05, 4.69) is 121 Å². The van der Waals surface area contributed by atoms with E-state index in [9.17, 15) is 39.6 Å². The number of fused-ring (bicyclic) bond motifs is 4. The molecule has 0 aliphatic heterocycles. The first-order valence-corrected chi connectivity index (χ1v) is 33.2. The SMILES string of the molecule is COCC(O)COc1ccc2ccccc2c1C=O.COCC(O)COc1ccc2ccccc2c1C=O.COCC(O)COc1ccc2ccccc2c1C=O.COCC(O)COc1ccc2ccccc2c1C=O.c1ccc(C(c2ccccc2)C(c2ccccc2)c2ccccc2)cc1. The van der Waals surface area contributed by atoms with E-state index in [4.69, 9.17) is 37.9 Å². The number of hydrogen-bond donors (Lipinski definition) is 4. The van der Waals surface area contributed by atoms with Crippen LogP contribution in [-0.2, 0) is 18.9 Å². The Labute approximate surface area is 594 Å². The quantitative estimate of drug-likeness (QED) is 0.0320. The molecule has 0 bridgehead atoms. The van der Waals surface area contributed by atoms with Crippen LogP contribution in [0.5, 0.6) is 23.0 Å². The largest absolute Gasteiger partial charge is 0.490 e. The summed E-state index contributed by atoms with van der Waals surface area (Å²) in [5.41, 5.74) is 7.39. The van der Waals surface area contributed by atoms with Crippen LogP contribution in [0.2, 0.25) is 0 Å². The van der Waals surface area contributed by atoms with Crippen LogP contribution >= 0.6 is 0 Å². The molecule has 4 atom stereocenters. The van der Waals surface area contributed by atoms with Crippen LogP contribution in [0.3, 0.4) is 0 Å². The number of benzene rings is 12. The summed E-state index contributed by atoms with van der Waals surface area (Å²) < 4.78 is 41.2. The molecule has 0 saturated heterocycles. The summed E-state index contributed by atoms with van der Waals surface area (Å²) in [5.74, 6) is 2.44. The van der Waals surface area contributed by atoms with E-state index in [0.29, 0.717) is 45.3 Å². The van der Waals surface area contributed by atoms with Crippen LogP contribution in [0.4, 0.5) is 0 Å². The molecule has 0 spiro atoms. The zero-order valence-corrected chi connectivity index (χ0v) is 57.5. The van der Waals surface area contributed by atoms with Crippen molar-refractivity contribution in [3.63, 3.8) is 0 Å². The molecule has 0 aliphatic rings. The number of methoxy groups -OCH3 is 4. The van der Waals surface area contributed by atoms with Crippen LogP contribution < -0.4 is 18.9 Å². The van der Waals surface area contributed by atoms with Crippen molar-refractivity contribution in [1.82, 2.24) is 0 Å². The molecule has 0 heterocycles. The fraction of sp³-hybridized carbons (Fsp3) is 0.209. The summed E-state index contributed by atoms with van der Waals surface area (Å²) in [4.78, 5) is 45.0. The topological polar surface area (TPSA) is 223 Å². The van der Waals surface area contributed by atoms with Gasteiger partial charge in [0.2, 0.25) is 0 Å². The molecule has 0 aliphatic carbocycles. The summed E-state index contributed by atoms with van der Waals surface area (Å²) in [6.07, 6.45) is 0.264. The molecule has 4 unspecified atom stereocenters. The maximum atomic E-state index is 11.2. The van der Waals surface area contributed by atoms with E-state index < -0.39 is 24.4 Å². The molecule has 0 amide bonds. The van der Waals surface area contributed by atoms with E-state index in [-0.39, 0.29) is 64.7 Å². The molecule has 16 nitrogen and oxygen atoms in total. The van der Waals surface area contributed by atoms with Crippen LogP contribution in [0, 0.1) is 0 Å². The molecule has 0 saturated carbocycles. The molecule has 12 rings (SSSR count). The fourth-order valence-corrected chi connectivity index (χ4v) is 11.6. The second kappa shape index (κ2) is 41.7. The van der Waals surface area contributed by atoms with Crippen molar-refractivity contribution in [1.29, 1.82) is 0 Å². The van der Waals surface area contributed by atoms with Crippen LogP contribution in [0.25, 0.3) is 43.1 Å². The second-order valence-corrected chi connectivity index (χ2v) is 23.5. The number of aliphatic hydroxyl groups is 4. The van der Waals surface area contributed by atoms with Gasteiger partial charge in [0.25, 0.3) is 0 Å². The molecule has 4 N–H and O–H groups in total. The van der Waals surface area contributed by atoms with E-state index in [0.717, 1.165) is 68.2 Å². The van der Waals surface area contributed by atoms with Crippen molar-refractivity contribution in [2.75, 3.05) is 81.3 Å². The first-order valence-electron chi connectivity index (χ1n) is 33.2. The average Bonchev–Trinajstić information content (AvgIpc) is 0.799. The maximum Gasteiger partial charge on any atom is 0.154 e. The van der Waals surface area contributed by atoms with Gasteiger partial charge in [0.05, 0.1) is 48.7 Å². The van der Waals surface area contributed by atoms with Gasteiger partial charge in [0.15, 0.2) is 25.1 Å². The predicted octanol–water partition coefficient (Wildman–Crippen LogP) is 14.8. The zero-order valence-electron chi connectivity index (χ0n) is 57.5. The lowest BCUT2D eigenvalue weighted by atomic mass is 9.74. The van der Waals surface area contributed by atoms with Gasteiger partial charge < -0.3 is 58.3 Å². The highest BCUT2D eigenvalue weighted by molar-refractivity contribution is 6.03. The monoisotopic (exact) mass is 1370 g/mol. The Kier molecular flexibility index (Phi) is 31.5. The molecule has 0 fully saturated rings. The Bertz CT molecular complexity index is 3930. The predicted molar refractivity (Wildman–Crippen MR) is 400 cm³/mol. The Balaban J connectivity index is 0.000000163. The van der Waals surface area contributed by atoms with Gasteiger partial charge in [-0.05, 0) is 89.6 Å². The number of carbonyl (C=O) groups is 4. The Hall–Kier alpha value is -10.8. The van der Waals surface area contributed by atoms with Crippen molar-refractivity contribution >= 4 is 68.2 Å². The number of hydrogen-bond acceptors (Lipinski definition) is 16. The summed E-state index contributed by atoms with van der Waals surface area (Å²) >= 11 is 0. The Morgan fingerprint density at radius 1 is 0.245 bits per heavy atom. The van der Waals surface area contributed by atoms with Gasteiger partial charge in [-0.15, -0.1) is 0 Å². The highest BCUT2D eigenvalue weighted by atomic mass is 16.5. The van der Waals surface area contributed by atoms with E-state index in [1.165, 1.54) is 50.7 Å². The van der Waals surface area contributed by atoms with E-state index >= 15 is 0 Å². The number of aliphatic hydroxyl groups excluding tert-OH is 4. The average molecular weight is 1380 g/mol. The zero-order chi connectivity index (χ0) is 72.3. The summed E-state index contributed by atoms with van der Waals surface area (Å²) in [6, 6.07) is 88.3. The molecular formula is C86H86O16. The highest BCUT2D eigenvalue weighted by Gasteiger charge is 2.28. The van der Waals surface area contributed by atoms with Crippen LogP contribution in [-0.4, -0.2) is 151 Å². The van der Waals surface area contributed by atoms with E-state index in [1.807, 2.05) is 121 Å². The van der Waals surface area contributed by atoms with Crippen LogP contribution in [0.1, 0.15) is 75.5 Å². The molecule has 16 heteroatoms. The molecule has 526 valence electrons. The van der Waals surface area contributed by atoms with Gasteiger partial charge in [-0.1, -0.05) is 243 Å². The van der Waals surface area contributed by atoms with Crippen molar-refractivity contribution in [3.05, 3.63) is 311 Å². The van der Waals surface area contributed by atoms with Crippen molar-refractivity contribution in [2.24, 2.45) is 0 Å². The van der Waals surface area contributed by atoms with Crippen LogP contribution in [0.15, 0.2) is 267 Å². The molecular weight excluding hydrogens is 1290 g/mol. The lowest BCUT2D eigenvalue weighted by molar-refractivity contribution is 0.0324. The highest BCUT2D eigenvalue weighted by Crippen LogP contribution is 2.43.